The fraction of sp³-hybridized carbons (Fsp3) is 0.600. The Bertz CT molecular complexity index is 504. The molecule has 1 aliphatic rings. The Morgan fingerprint density at radius 2 is 2.16 bits per heavy atom. The maximum absolute atomic E-state index is 10.5. The normalized spacial score (nSPS) is 18.2. The van der Waals surface area contributed by atoms with Crippen LogP contribution in [0.25, 0.3) is 0 Å². The molecular weight excluding hydrogens is 317 g/mol. The second-order valence-electron chi connectivity index (χ2n) is 4.18. The molecule has 0 N–H and O–H groups in total. The molecule has 0 radical (unpaired) electrons. The molecule has 0 saturated carbocycles. The summed E-state index contributed by atoms with van der Waals surface area (Å²) in [6.07, 6.45) is -0.147. The third-order valence-corrected chi connectivity index (χ3v) is 3.93. The monoisotopic (exact) mass is 331 g/mol. The van der Waals surface area contributed by atoms with Crippen molar-refractivity contribution < 1.29 is 73.8 Å². The molecule has 6 nitrogen and oxygen atoms in total. The number of fused-ring (bicyclic) bond motifs is 1. The molecule has 1 aliphatic heterocycles. The van der Waals surface area contributed by atoms with E-state index in [2.05, 4.69) is 0 Å². The first-order valence-corrected chi connectivity index (χ1v) is 7.94. The van der Waals surface area contributed by atoms with E-state index in [9.17, 15) is 13.0 Å². The van der Waals surface area contributed by atoms with Crippen molar-refractivity contribution in [3.05, 3.63) is 10.8 Å². The number of thiophene rings is 1. The van der Waals surface area contributed by atoms with E-state index in [1.807, 2.05) is 10.8 Å². The maximum atomic E-state index is 10.5. The first-order valence-electron chi connectivity index (χ1n) is 5.42. The SMILES string of the molecule is CN(CCS(=O)(=O)[O-])CC1COc2cscc2O1.[K+]. The van der Waals surface area contributed by atoms with Gasteiger partial charge in [-0.25, -0.2) is 8.42 Å². The Morgan fingerprint density at radius 3 is 2.84 bits per heavy atom. The number of likely N-dealkylation sites (N-methyl/N-ethyl adjacent to an activating group) is 1. The molecule has 0 saturated heterocycles. The summed E-state index contributed by atoms with van der Waals surface area (Å²) >= 11 is 1.51. The van der Waals surface area contributed by atoms with Crippen LogP contribution in [0.15, 0.2) is 10.8 Å². The molecule has 0 fully saturated rings. The van der Waals surface area contributed by atoms with Crippen molar-refractivity contribution in [2.75, 3.05) is 32.5 Å². The summed E-state index contributed by atoms with van der Waals surface area (Å²) < 4.78 is 42.8. The fourth-order valence-corrected chi connectivity index (χ4v) is 2.86. The first kappa shape index (κ1) is 17.9. The van der Waals surface area contributed by atoms with Gasteiger partial charge in [0.2, 0.25) is 0 Å². The van der Waals surface area contributed by atoms with Crippen LogP contribution in [0, 0.1) is 0 Å². The molecule has 19 heavy (non-hydrogen) atoms. The number of nitrogens with zero attached hydrogens (tertiary/aromatic N) is 1. The Balaban J connectivity index is 0.00000180. The van der Waals surface area contributed by atoms with Gasteiger partial charge in [0, 0.05) is 23.8 Å². The summed E-state index contributed by atoms with van der Waals surface area (Å²) in [6.45, 7) is 1.14. The van der Waals surface area contributed by atoms with Crippen LogP contribution < -0.4 is 60.9 Å². The van der Waals surface area contributed by atoms with E-state index in [-0.39, 0.29) is 69.8 Å². The van der Waals surface area contributed by atoms with Crippen LogP contribution in [0.1, 0.15) is 0 Å². The van der Waals surface area contributed by atoms with Gasteiger partial charge in [0.15, 0.2) is 11.5 Å². The van der Waals surface area contributed by atoms with Crippen LogP contribution in [0.3, 0.4) is 0 Å². The standard InChI is InChI=1S/C10H15NO5S2.K/c1-11(2-3-18(12,13)14)4-8-5-15-9-6-17-7-10(9)16-8;/h6-8H,2-5H2,1H3,(H,12,13,14);/q;+1/p-1. The van der Waals surface area contributed by atoms with E-state index < -0.39 is 10.1 Å². The van der Waals surface area contributed by atoms with Gasteiger partial charge in [-0.2, -0.15) is 0 Å². The van der Waals surface area contributed by atoms with E-state index in [1.165, 1.54) is 11.3 Å². The minimum atomic E-state index is -4.16. The number of rotatable bonds is 5. The summed E-state index contributed by atoms with van der Waals surface area (Å²) in [5.74, 6) is 1.09. The third-order valence-electron chi connectivity index (χ3n) is 2.55. The topological polar surface area (TPSA) is 78.9 Å². The van der Waals surface area contributed by atoms with Crippen LogP contribution in [0.4, 0.5) is 0 Å². The Kier molecular flexibility index (Phi) is 7.25. The average Bonchev–Trinajstić information content (AvgIpc) is 2.72. The molecule has 102 valence electrons. The molecule has 0 spiro atoms. The number of hydrogen-bond acceptors (Lipinski definition) is 7. The third kappa shape index (κ3) is 5.98. The van der Waals surface area contributed by atoms with Gasteiger partial charge in [-0.05, 0) is 7.05 Å². The summed E-state index contributed by atoms with van der Waals surface area (Å²) in [7, 11) is -2.41. The molecule has 1 unspecified atom stereocenters. The zero-order chi connectivity index (χ0) is 13.2. The number of hydrogen-bond donors (Lipinski definition) is 0. The molecule has 0 aromatic carbocycles. The van der Waals surface area contributed by atoms with Crippen molar-refractivity contribution in [1.29, 1.82) is 0 Å². The molecule has 1 aromatic rings. The molecule has 1 atom stereocenters. The molecule has 9 heteroatoms. The minimum absolute atomic E-state index is 0. The number of ether oxygens (including phenoxy) is 2. The van der Waals surface area contributed by atoms with Crippen molar-refractivity contribution in [2.24, 2.45) is 0 Å². The Hall–Kier alpha value is 0.806. The molecule has 0 amide bonds. The van der Waals surface area contributed by atoms with Crippen molar-refractivity contribution in [2.45, 2.75) is 6.10 Å². The van der Waals surface area contributed by atoms with Gasteiger partial charge < -0.3 is 18.9 Å². The largest absolute Gasteiger partial charge is 1.00 e. The van der Waals surface area contributed by atoms with Gasteiger partial charge in [0.1, 0.15) is 12.7 Å². The predicted molar refractivity (Wildman–Crippen MR) is 66.3 cm³/mol. The van der Waals surface area contributed by atoms with Crippen molar-refractivity contribution in [3.8, 4) is 11.5 Å². The summed E-state index contributed by atoms with van der Waals surface area (Å²) in [5, 5.41) is 3.74. The van der Waals surface area contributed by atoms with Gasteiger partial charge in [-0.1, -0.05) is 0 Å². The van der Waals surface area contributed by atoms with Gasteiger partial charge in [-0.15, -0.1) is 11.3 Å². The predicted octanol–water partition coefficient (Wildman–Crippen LogP) is -2.63. The fourth-order valence-electron chi connectivity index (χ4n) is 1.66. The molecule has 1 aromatic heterocycles. The van der Waals surface area contributed by atoms with Crippen LogP contribution >= 0.6 is 11.3 Å². The van der Waals surface area contributed by atoms with Gasteiger partial charge in [-0.3, -0.25) is 0 Å². The molecule has 0 bridgehead atoms. The zero-order valence-electron chi connectivity index (χ0n) is 10.9. The molecule has 2 rings (SSSR count). The minimum Gasteiger partial charge on any atom is -0.748 e. The summed E-state index contributed by atoms with van der Waals surface area (Å²) in [4.78, 5) is 1.75. The van der Waals surface area contributed by atoms with Crippen molar-refractivity contribution in [3.63, 3.8) is 0 Å². The van der Waals surface area contributed by atoms with Gasteiger partial charge in [0.25, 0.3) is 0 Å². The van der Waals surface area contributed by atoms with Crippen LogP contribution in [-0.4, -0.2) is 56.5 Å². The van der Waals surface area contributed by atoms with Crippen molar-refractivity contribution in [1.82, 2.24) is 4.90 Å². The smallest absolute Gasteiger partial charge is 0.748 e. The second-order valence-corrected chi connectivity index (χ2v) is 6.44. The van der Waals surface area contributed by atoms with E-state index >= 15 is 0 Å². The van der Waals surface area contributed by atoms with E-state index in [1.54, 1.807) is 11.9 Å². The van der Waals surface area contributed by atoms with Crippen molar-refractivity contribution >= 4 is 21.5 Å². The summed E-state index contributed by atoms with van der Waals surface area (Å²) in [6, 6.07) is 0. The summed E-state index contributed by atoms with van der Waals surface area (Å²) in [5.41, 5.74) is 0. The van der Waals surface area contributed by atoms with E-state index in [4.69, 9.17) is 9.47 Å². The van der Waals surface area contributed by atoms with E-state index in [0.29, 0.717) is 13.2 Å². The maximum Gasteiger partial charge on any atom is 1.00 e. The quantitative estimate of drug-likeness (QED) is 0.434. The van der Waals surface area contributed by atoms with E-state index in [0.717, 1.165) is 11.5 Å². The van der Waals surface area contributed by atoms with Crippen LogP contribution in [0.2, 0.25) is 0 Å². The van der Waals surface area contributed by atoms with Gasteiger partial charge >= 0.3 is 51.4 Å². The average molecular weight is 331 g/mol. The van der Waals surface area contributed by atoms with Gasteiger partial charge in [0.05, 0.1) is 15.9 Å². The molecule has 0 aliphatic carbocycles. The first-order chi connectivity index (χ1) is 8.44. The second kappa shape index (κ2) is 7.71. The molecule has 2 heterocycles. The van der Waals surface area contributed by atoms with Crippen LogP contribution in [0.5, 0.6) is 11.5 Å². The van der Waals surface area contributed by atoms with Crippen LogP contribution in [-0.2, 0) is 10.1 Å². The molecular formula is C10H14KNO5S2. The Labute approximate surface area is 159 Å². The zero-order valence-corrected chi connectivity index (χ0v) is 15.6. The Morgan fingerprint density at radius 1 is 1.47 bits per heavy atom.